The molecule has 9 heteroatoms. The average Bonchev–Trinajstić information content (AvgIpc) is 2.53. The zero-order chi connectivity index (χ0) is 17.0. The number of hydrogen-bond acceptors (Lipinski definition) is 6. The lowest BCUT2D eigenvalue weighted by molar-refractivity contribution is -0.384. The molecular formula is C14H13ClFN3O4. The first-order chi connectivity index (χ1) is 10.9. The summed E-state index contributed by atoms with van der Waals surface area (Å²) in [4.78, 5) is 13.8. The van der Waals surface area contributed by atoms with Crippen LogP contribution in [0.5, 0.6) is 0 Å². The molecule has 2 atom stereocenters. The molecule has 0 saturated heterocycles. The highest BCUT2D eigenvalue weighted by Crippen LogP contribution is 2.23. The van der Waals surface area contributed by atoms with Crippen molar-refractivity contribution in [1.29, 1.82) is 0 Å². The summed E-state index contributed by atoms with van der Waals surface area (Å²) in [7, 11) is 0. The molecule has 0 fully saturated rings. The number of non-ortho nitro benzene ring substituents is 1. The predicted octanol–water partition coefficient (Wildman–Crippen LogP) is 2.29. The van der Waals surface area contributed by atoms with Crippen LogP contribution in [0.3, 0.4) is 0 Å². The lowest BCUT2D eigenvalue weighted by atomic mass is 10.0. The van der Waals surface area contributed by atoms with E-state index in [0.717, 1.165) is 6.07 Å². The Morgan fingerprint density at radius 2 is 2.04 bits per heavy atom. The SMILES string of the molecule is O=[N+]([O-])c1ccc([C@H](O)[C@H](CO)Nc2ncc(Cl)cc2F)cc1. The number of anilines is 1. The minimum atomic E-state index is -1.22. The Bertz CT molecular complexity index is 699. The Kier molecular flexibility index (Phi) is 5.43. The summed E-state index contributed by atoms with van der Waals surface area (Å²) in [5.74, 6) is -0.902. The third kappa shape index (κ3) is 4.13. The highest BCUT2D eigenvalue weighted by Gasteiger charge is 2.22. The second-order valence-corrected chi connectivity index (χ2v) is 5.15. The molecular weight excluding hydrogens is 329 g/mol. The van der Waals surface area contributed by atoms with Gasteiger partial charge in [-0.15, -0.1) is 0 Å². The predicted molar refractivity (Wildman–Crippen MR) is 81.8 cm³/mol. The molecule has 1 aromatic heterocycles. The van der Waals surface area contributed by atoms with Gasteiger partial charge in [0.2, 0.25) is 0 Å². The topological polar surface area (TPSA) is 109 Å². The maximum absolute atomic E-state index is 13.7. The fourth-order valence-electron chi connectivity index (χ4n) is 1.95. The number of pyridine rings is 1. The second kappa shape index (κ2) is 7.32. The molecule has 0 amide bonds. The molecule has 0 aliphatic carbocycles. The molecule has 1 heterocycles. The van der Waals surface area contributed by atoms with Gasteiger partial charge in [-0.2, -0.15) is 0 Å². The van der Waals surface area contributed by atoms with Crippen molar-refractivity contribution in [2.75, 3.05) is 11.9 Å². The summed E-state index contributed by atoms with van der Waals surface area (Å²) in [6, 6.07) is 5.27. The molecule has 3 N–H and O–H groups in total. The number of nitrogens with zero attached hydrogens (tertiary/aromatic N) is 2. The molecule has 0 aliphatic heterocycles. The maximum Gasteiger partial charge on any atom is 0.269 e. The van der Waals surface area contributed by atoms with Crippen molar-refractivity contribution >= 4 is 23.1 Å². The minimum absolute atomic E-state index is 0.115. The zero-order valence-corrected chi connectivity index (χ0v) is 12.4. The number of aromatic nitrogens is 1. The van der Waals surface area contributed by atoms with E-state index in [1.54, 1.807) is 0 Å². The molecule has 23 heavy (non-hydrogen) atoms. The summed E-state index contributed by atoms with van der Waals surface area (Å²) < 4.78 is 13.7. The lowest BCUT2D eigenvalue weighted by Gasteiger charge is -2.23. The van der Waals surface area contributed by atoms with Crippen molar-refractivity contribution in [3.8, 4) is 0 Å². The molecule has 2 rings (SSSR count). The summed E-state index contributed by atoms with van der Waals surface area (Å²) in [6.45, 7) is -0.512. The smallest absolute Gasteiger partial charge is 0.269 e. The van der Waals surface area contributed by atoms with Crippen molar-refractivity contribution in [3.63, 3.8) is 0 Å². The standard InChI is InChI=1S/C14H13ClFN3O4/c15-9-5-11(16)14(17-6-9)18-12(7-20)13(21)8-1-3-10(4-2-8)19(22)23/h1-6,12-13,20-21H,7H2,(H,17,18)/t12-,13-/m0/s1. The number of nitro groups is 1. The van der Waals surface area contributed by atoms with Gasteiger partial charge in [0.05, 0.1) is 22.6 Å². The molecule has 2 aromatic rings. The van der Waals surface area contributed by atoms with Crippen LogP contribution in [-0.2, 0) is 0 Å². The Morgan fingerprint density at radius 3 is 2.57 bits per heavy atom. The third-order valence-electron chi connectivity index (χ3n) is 3.15. The minimum Gasteiger partial charge on any atom is -0.394 e. The van der Waals surface area contributed by atoms with Crippen LogP contribution in [0.1, 0.15) is 11.7 Å². The first-order valence-electron chi connectivity index (χ1n) is 6.53. The van der Waals surface area contributed by atoms with Gasteiger partial charge in [-0.1, -0.05) is 11.6 Å². The Balaban J connectivity index is 2.17. The van der Waals surface area contributed by atoms with Gasteiger partial charge in [0, 0.05) is 18.3 Å². The summed E-state index contributed by atoms with van der Waals surface area (Å²) in [6.07, 6.45) is -0.00248. The number of nitro benzene ring substituents is 1. The first-order valence-corrected chi connectivity index (χ1v) is 6.91. The van der Waals surface area contributed by atoms with E-state index in [4.69, 9.17) is 11.6 Å². The van der Waals surface area contributed by atoms with Crippen LogP contribution in [0, 0.1) is 15.9 Å². The zero-order valence-electron chi connectivity index (χ0n) is 11.7. The van der Waals surface area contributed by atoms with E-state index in [1.165, 1.54) is 30.5 Å². The molecule has 7 nitrogen and oxygen atoms in total. The van der Waals surface area contributed by atoms with Crippen LogP contribution in [0.4, 0.5) is 15.9 Å². The van der Waals surface area contributed by atoms with Gasteiger partial charge in [0.25, 0.3) is 5.69 Å². The van der Waals surface area contributed by atoms with Crippen LogP contribution in [0.25, 0.3) is 0 Å². The van der Waals surface area contributed by atoms with Crippen LogP contribution < -0.4 is 5.32 Å². The fourth-order valence-corrected chi connectivity index (χ4v) is 2.09. The summed E-state index contributed by atoms with van der Waals surface area (Å²) in [5.41, 5.74) is 0.205. The molecule has 0 spiro atoms. The van der Waals surface area contributed by atoms with E-state index >= 15 is 0 Å². The van der Waals surface area contributed by atoms with E-state index in [-0.39, 0.29) is 16.5 Å². The number of rotatable bonds is 6. The van der Waals surface area contributed by atoms with Gasteiger partial charge >= 0.3 is 0 Å². The van der Waals surface area contributed by atoms with Crippen molar-refractivity contribution in [2.24, 2.45) is 0 Å². The van der Waals surface area contributed by atoms with Crippen molar-refractivity contribution < 1.29 is 19.5 Å². The number of hydrogen-bond donors (Lipinski definition) is 3. The average molecular weight is 342 g/mol. The van der Waals surface area contributed by atoms with E-state index in [9.17, 15) is 24.7 Å². The Morgan fingerprint density at radius 1 is 1.39 bits per heavy atom. The maximum atomic E-state index is 13.7. The van der Waals surface area contributed by atoms with E-state index in [1.807, 2.05) is 0 Å². The van der Waals surface area contributed by atoms with Crippen LogP contribution in [0.2, 0.25) is 5.02 Å². The normalized spacial score (nSPS) is 13.4. The van der Waals surface area contributed by atoms with Gasteiger partial charge in [0.1, 0.15) is 6.10 Å². The molecule has 1 aromatic carbocycles. The van der Waals surface area contributed by atoms with Crippen molar-refractivity contribution in [3.05, 3.63) is 63.0 Å². The van der Waals surface area contributed by atoms with Gasteiger partial charge in [0.15, 0.2) is 11.6 Å². The molecule has 0 radical (unpaired) electrons. The van der Waals surface area contributed by atoms with Gasteiger partial charge in [-0.25, -0.2) is 9.37 Å². The first kappa shape index (κ1) is 17.1. The lowest BCUT2D eigenvalue weighted by Crippen LogP contribution is -2.32. The number of aliphatic hydroxyl groups excluding tert-OH is 2. The molecule has 0 unspecified atom stereocenters. The van der Waals surface area contributed by atoms with E-state index in [2.05, 4.69) is 10.3 Å². The van der Waals surface area contributed by atoms with Gasteiger partial charge in [-0.3, -0.25) is 10.1 Å². The van der Waals surface area contributed by atoms with E-state index < -0.39 is 29.5 Å². The molecule has 122 valence electrons. The summed E-state index contributed by atoms with van der Waals surface area (Å²) >= 11 is 5.60. The highest BCUT2D eigenvalue weighted by molar-refractivity contribution is 6.30. The number of benzene rings is 1. The number of nitrogens with one attached hydrogen (secondary N) is 1. The quantitative estimate of drug-likeness (QED) is 0.549. The van der Waals surface area contributed by atoms with Crippen LogP contribution in [0.15, 0.2) is 36.5 Å². The van der Waals surface area contributed by atoms with Crippen LogP contribution in [-0.4, -0.2) is 32.8 Å². The Labute approximate surface area is 135 Å². The number of halogens is 2. The molecule has 0 aliphatic rings. The monoisotopic (exact) mass is 341 g/mol. The molecule has 0 bridgehead atoms. The Hall–Kier alpha value is -2.29. The van der Waals surface area contributed by atoms with Gasteiger partial charge in [-0.05, 0) is 23.8 Å². The van der Waals surface area contributed by atoms with Crippen LogP contribution >= 0.6 is 11.6 Å². The van der Waals surface area contributed by atoms with Crippen molar-refractivity contribution in [1.82, 2.24) is 4.98 Å². The van der Waals surface area contributed by atoms with Crippen molar-refractivity contribution in [2.45, 2.75) is 12.1 Å². The summed E-state index contributed by atoms with van der Waals surface area (Å²) in [5, 5.41) is 33.0. The third-order valence-corrected chi connectivity index (χ3v) is 3.36. The van der Waals surface area contributed by atoms with Gasteiger partial charge < -0.3 is 15.5 Å². The molecule has 0 saturated carbocycles. The number of aliphatic hydroxyl groups is 2. The van der Waals surface area contributed by atoms with E-state index in [0.29, 0.717) is 5.56 Å². The fraction of sp³-hybridized carbons (Fsp3) is 0.214. The largest absolute Gasteiger partial charge is 0.394 e. The highest BCUT2D eigenvalue weighted by atomic mass is 35.5. The second-order valence-electron chi connectivity index (χ2n) is 4.71.